The number of methoxy groups -OCH3 is 1. The first kappa shape index (κ1) is 13.2. The molecule has 1 atom stereocenters. The number of carbonyl (C=O) groups is 2. The molecule has 0 aliphatic rings. The molecule has 0 fully saturated rings. The Balaban J connectivity index is 2.74. The molecule has 0 bridgehead atoms. The highest BCUT2D eigenvalue weighted by molar-refractivity contribution is 5.96. The maximum Gasteiger partial charge on any atom is 0.337 e. The van der Waals surface area contributed by atoms with E-state index in [1.165, 1.54) is 31.4 Å². The van der Waals surface area contributed by atoms with Crippen LogP contribution in [0.1, 0.15) is 27.6 Å². The molecule has 0 radical (unpaired) electrons. The SMILES string of the molecule is COC(=O)c1ccc(C(=O)NC(C)CO)cc1. The summed E-state index contributed by atoms with van der Waals surface area (Å²) in [5.41, 5.74) is 0.817. The van der Waals surface area contributed by atoms with E-state index in [-0.39, 0.29) is 18.6 Å². The Bertz CT molecular complexity index is 399. The van der Waals surface area contributed by atoms with Crippen LogP contribution >= 0.6 is 0 Å². The summed E-state index contributed by atoms with van der Waals surface area (Å²) >= 11 is 0. The second-order valence-corrected chi connectivity index (χ2v) is 3.63. The smallest absolute Gasteiger partial charge is 0.337 e. The molecule has 1 aromatic rings. The molecule has 5 nitrogen and oxygen atoms in total. The fraction of sp³-hybridized carbons (Fsp3) is 0.333. The van der Waals surface area contributed by atoms with E-state index < -0.39 is 5.97 Å². The summed E-state index contributed by atoms with van der Waals surface area (Å²) in [7, 11) is 1.30. The molecule has 0 saturated heterocycles. The average Bonchev–Trinajstić information content (AvgIpc) is 2.37. The maximum absolute atomic E-state index is 11.6. The van der Waals surface area contributed by atoms with Gasteiger partial charge in [-0.25, -0.2) is 4.79 Å². The molecule has 2 N–H and O–H groups in total. The first-order valence-corrected chi connectivity index (χ1v) is 5.18. The maximum atomic E-state index is 11.6. The number of ether oxygens (including phenoxy) is 1. The number of aliphatic hydroxyl groups is 1. The standard InChI is InChI=1S/C12H15NO4/c1-8(7-14)13-11(15)9-3-5-10(6-4-9)12(16)17-2/h3-6,8,14H,7H2,1-2H3,(H,13,15). The monoisotopic (exact) mass is 237 g/mol. The molecule has 0 aromatic heterocycles. The molecule has 5 heteroatoms. The third-order valence-electron chi connectivity index (χ3n) is 2.22. The fourth-order valence-electron chi connectivity index (χ4n) is 1.23. The fourth-order valence-corrected chi connectivity index (χ4v) is 1.23. The van der Waals surface area contributed by atoms with Crippen LogP contribution in [0.25, 0.3) is 0 Å². The van der Waals surface area contributed by atoms with Crippen LogP contribution in [0.5, 0.6) is 0 Å². The van der Waals surface area contributed by atoms with Gasteiger partial charge in [0.25, 0.3) is 5.91 Å². The number of hydrogen-bond acceptors (Lipinski definition) is 4. The van der Waals surface area contributed by atoms with Crippen molar-refractivity contribution in [3.8, 4) is 0 Å². The van der Waals surface area contributed by atoms with Crippen LogP contribution in [0.2, 0.25) is 0 Å². The summed E-state index contributed by atoms with van der Waals surface area (Å²) in [4.78, 5) is 22.8. The van der Waals surface area contributed by atoms with Gasteiger partial charge < -0.3 is 15.2 Å². The van der Waals surface area contributed by atoms with Crippen molar-refractivity contribution in [2.75, 3.05) is 13.7 Å². The highest BCUT2D eigenvalue weighted by Crippen LogP contribution is 2.06. The normalized spacial score (nSPS) is 11.7. The van der Waals surface area contributed by atoms with E-state index in [0.717, 1.165) is 0 Å². The van der Waals surface area contributed by atoms with Crippen LogP contribution in [0.4, 0.5) is 0 Å². The van der Waals surface area contributed by atoms with E-state index in [9.17, 15) is 9.59 Å². The minimum absolute atomic E-state index is 0.119. The molecule has 1 rings (SSSR count). The Morgan fingerprint density at radius 3 is 2.29 bits per heavy atom. The number of esters is 1. The second-order valence-electron chi connectivity index (χ2n) is 3.63. The summed E-state index contributed by atoms with van der Waals surface area (Å²) in [5, 5.41) is 11.4. The highest BCUT2D eigenvalue weighted by atomic mass is 16.5. The van der Waals surface area contributed by atoms with Gasteiger partial charge in [0.15, 0.2) is 0 Å². The molecule has 0 heterocycles. The lowest BCUT2D eigenvalue weighted by atomic mass is 10.1. The lowest BCUT2D eigenvalue weighted by Crippen LogP contribution is -2.34. The molecule has 1 unspecified atom stereocenters. The Kier molecular flexibility index (Phi) is 4.66. The minimum atomic E-state index is -0.444. The van der Waals surface area contributed by atoms with E-state index in [4.69, 9.17) is 5.11 Å². The Morgan fingerprint density at radius 1 is 1.29 bits per heavy atom. The van der Waals surface area contributed by atoms with Crippen molar-refractivity contribution >= 4 is 11.9 Å². The predicted molar refractivity (Wildman–Crippen MR) is 61.8 cm³/mol. The number of rotatable bonds is 4. The van der Waals surface area contributed by atoms with Gasteiger partial charge in [0.1, 0.15) is 0 Å². The third-order valence-corrected chi connectivity index (χ3v) is 2.22. The van der Waals surface area contributed by atoms with Crippen LogP contribution in [-0.4, -0.2) is 36.7 Å². The van der Waals surface area contributed by atoms with Gasteiger partial charge in [0.2, 0.25) is 0 Å². The van der Waals surface area contributed by atoms with Gasteiger partial charge in [-0.05, 0) is 31.2 Å². The van der Waals surface area contributed by atoms with Gasteiger partial charge in [-0.2, -0.15) is 0 Å². The number of carbonyl (C=O) groups excluding carboxylic acids is 2. The zero-order valence-corrected chi connectivity index (χ0v) is 9.77. The predicted octanol–water partition coefficient (Wildman–Crippen LogP) is 0.584. The molecule has 1 amide bonds. The van der Waals surface area contributed by atoms with Crippen molar-refractivity contribution in [1.29, 1.82) is 0 Å². The van der Waals surface area contributed by atoms with Crippen LogP contribution in [-0.2, 0) is 4.74 Å². The number of benzene rings is 1. The zero-order chi connectivity index (χ0) is 12.8. The van der Waals surface area contributed by atoms with Crippen molar-refractivity contribution in [3.63, 3.8) is 0 Å². The van der Waals surface area contributed by atoms with E-state index in [0.29, 0.717) is 11.1 Å². The number of amides is 1. The highest BCUT2D eigenvalue weighted by Gasteiger charge is 2.10. The Morgan fingerprint density at radius 2 is 1.82 bits per heavy atom. The molecule has 92 valence electrons. The quantitative estimate of drug-likeness (QED) is 0.751. The van der Waals surface area contributed by atoms with Crippen LogP contribution in [0.15, 0.2) is 24.3 Å². The molecule has 17 heavy (non-hydrogen) atoms. The van der Waals surface area contributed by atoms with Gasteiger partial charge in [-0.15, -0.1) is 0 Å². The van der Waals surface area contributed by atoms with Gasteiger partial charge >= 0.3 is 5.97 Å². The summed E-state index contributed by atoms with van der Waals surface area (Å²) < 4.78 is 4.55. The molecule has 0 spiro atoms. The molecular weight excluding hydrogens is 222 g/mol. The molecule has 0 aliphatic heterocycles. The van der Waals surface area contributed by atoms with Crippen molar-refractivity contribution < 1.29 is 19.4 Å². The number of nitrogens with one attached hydrogen (secondary N) is 1. The van der Waals surface area contributed by atoms with Crippen LogP contribution in [0.3, 0.4) is 0 Å². The molecule has 0 saturated carbocycles. The number of hydrogen-bond donors (Lipinski definition) is 2. The van der Waals surface area contributed by atoms with Crippen molar-refractivity contribution in [2.24, 2.45) is 0 Å². The second kappa shape index (κ2) is 6.00. The van der Waals surface area contributed by atoms with E-state index >= 15 is 0 Å². The van der Waals surface area contributed by atoms with Gasteiger partial charge in [0.05, 0.1) is 19.3 Å². The molecule has 1 aromatic carbocycles. The van der Waals surface area contributed by atoms with E-state index in [2.05, 4.69) is 10.1 Å². The molecular formula is C12H15NO4. The minimum Gasteiger partial charge on any atom is -0.465 e. The van der Waals surface area contributed by atoms with E-state index in [1.807, 2.05) is 0 Å². The van der Waals surface area contributed by atoms with Gasteiger partial charge in [-0.3, -0.25) is 4.79 Å². The Labute approximate surface area is 99.4 Å². The van der Waals surface area contributed by atoms with Crippen molar-refractivity contribution in [1.82, 2.24) is 5.32 Å². The number of aliphatic hydroxyl groups excluding tert-OH is 1. The van der Waals surface area contributed by atoms with Crippen LogP contribution < -0.4 is 5.32 Å². The van der Waals surface area contributed by atoms with Crippen LogP contribution in [0, 0.1) is 0 Å². The first-order valence-electron chi connectivity index (χ1n) is 5.18. The first-order chi connectivity index (χ1) is 8.08. The van der Waals surface area contributed by atoms with Gasteiger partial charge in [-0.1, -0.05) is 0 Å². The molecule has 0 aliphatic carbocycles. The summed E-state index contributed by atoms with van der Waals surface area (Å²) in [5.74, 6) is -0.733. The summed E-state index contributed by atoms with van der Waals surface area (Å²) in [6, 6.07) is 5.80. The third kappa shape index (κ3) is 3.57. The largest absolute Gasteiger partial charge is 0.465 e. The van der Waals surface area contributed by atoms with E-state index in [1.54, 1.807) is 6.92 Å². The lowest BCUT2D eigenvalue weighted by molar-refractivity contribution is 0.0600. The average molecular weight is 237 g/mol. The lowest BCUT2D eigenvalue weighted by Gasteiger charge is -2.10. The van der Waals surface area contributed by atoms with Crippen molar-refractivity contribution in [3.05, 3.63) is 35.4 Å². The summed E-state index contributed by atoms with van der Waals surface area (Å²) in [6.45, 7) is 1.58. The summed E-state index contributed by atoms with van der Waals surface area (Å²) in [6.07, 6.45) is 0. The topological polar surface area (TPSA) is 75.6 Å². The Hall–Kier alpha value is -1.88. The van der Waals surface area contributed by atoms with Crippen molar-refractivity contribution in [2.45, 2.75) is 13.0 Å². The van der Waals surface area contributed by atoms with Gasteiger partial charge in [0, 0.05) is 11.6 Å². The zero-order valence-electron chi connectivity index (χ0n) is 9.77.